The van der Waals surface area contributed by atoms with E-state index in [1.165, 1.54) is 6.42 Å². The summed E-state index contributed by atoms with van der Waals surface area (Å²) in [6, 6.07) is 24.6. The van der Waals surface area contributed by atoms with Crippen LogP contribution in [-0.2, 0) is 13.1 Å². The molecule has 2 aromatic heterocycles. The summed E-state index contributed by atoms with van der Waals surface area (Å²) in [6.45, 7) is 2.13. The number of anilines is 4. The molecule has 1 aliphatic carbocycles. The molecule has 1 saturated carbocycles. The lowest BCUT2D eigenvalue weighted by Crippen LogP contribution is -2.37. The Morgan fingerprint density at radius 2 is 0.886 bits per heavy atom. The number of pyridine rings is 2. The van der Waals surface area contributed by atoms with Crippen molar-refractivity contribution in [3.63, 3.8) is 0 Å². The number of hydrogen-bond acceptors (Lipinski definition) is 2. The van der Waals surface area contributed by atoms with Crippen LogP contribution in [0, 0.1) is 11.8 Å². The molecular formula is C29H30Cl2N4+2. The molecule has 0 bridgehead atoms. The van der Waals surface area contributed by atoms with Gasteiger partial charge in [0, 0.05) is 71.6 Å². The predicted molar refractivity (Wildman–Crippen MR) is 144 cm³/mol. The van der Waals surface area contributed by atoms with Crippen molar-refractivity contribution in [3.8, 4) is 0 Å². The molecule has 0 spiro atoms. The Balaban J connectivity index is 1.13. The maximum Gasteiger partial charge on any atom is 0.170 e. The van der Waals surface area contributed by atoms with Crippen LogP contribution in [0.5, 0.6) is 0 Å². The largest absolute Gasteiger partial charge is 0.344 e. The summed E-state index contributed by atoms with van der Waals surface area (Å²) in [7, 11) is 4.16. The van der Waals surface area contributed by atoms with Gasteiger partial charge in [-0.3, -0.25) is 0 Å². The first-order chi connectivity index (χ1) is 17.0. The molecule has 1 fully saturated rings. The molecule has 0 radical (unpaired) electrons. The number of aromatic nitrogens is 2. The van der Waals surface area contributed by atoms with E-state index in [1.807, 2.05) is 48.5 Å². The van der Waals surface area contributed by atoms with Crippen LogP contribution >= 0.6 is 23.2 Å². The second-order valence-corrected chi connectivity index (χ2v) is 10.2. The second kappa shape index (κ2) is 10.3. The van der Waals surface area contributed by atoms with E-state index in [0.29, 0.717) is 0 Å². The van der Waals surface area contributed by atoms with E-state index in [9.17, 15) is 0 Å². The van der Waals surface area contributed by atoms with Crippen LogP contribution in [0.15, 0.2) is 97.6 Å². The molecule has 2 aromatic carbocycles. The van der Waals surface area contributed by atoms with Crippen LogP contribution in [0.25, 0.3) is 0 Å². The molecular weight excluding hydrogens is 475 g/mol. The lowest BCUT2D eigenvalue weighted by atomic mass is 10.2. The van der Waals surface area contributed by atoms with Crippen LogP contribution in [0.4, 0.5) is 22.7 Å². The van der Waals surface area contributed by atoms with Gasteiger partial charge < -0.3 is 9.80 Å². The van der Waals surface area contributed by atoms with Gasteiger partial charge in [0.25, 0.3) is 0 Å². The minimum Gasteiger partial charge on any atom is -0.344 e. The summed E-state index contributed by atoms with van der Waals surface area (Å²) in [4.78, 5) is 4.34. The molecule has 4 nitrogen and oxygen atoms in total. The van der Waals surface area contributed by atoms with Crippen molar-refractivity contribution in [1.29, 1.82) is 0 Å². The smallest absolute Gasteiger partial charge is 0.170 e. The summed E-state index contributed by atoms with van der Waals surface area (Å²) in [5, 5.41) is 1.51. The van der Waals surface area contributed by atoms with Gasteiger partial charge in [0.1, 0.15) is 0 Å². The monoisotopic (exact) mass is 504 g/mol. The highest BCUT2D eigenvalue weighted by molar-refractivity contribution is 6.30. The summed E-state index contributed by atoms with van der Waals surface area (Å²) in [5.74, 6) is 1.45. The van der Waals surface area contributed by atoms with Gasteiger partial charge in [-0.15, -0.1) is 0 Å². The second-order valence-electron chi connectivity index (χ2n) is 9.33. The van der Waals surface area contributed by atoms with Gasteiger partial charge in [-0.05, 0) is 55.0 Å². The number of halogens is 2. The van der Waals surface area contributed by atoms with Gasteiger partial charge in [-0.2, -0.15) is 0 Å². The molecule has 0 aliphatic heterocycles. The molecule has 0 saturated heterocycles. The first kappa shape index (κ1) is 23.7. The molecule has 2 atom stereocenters. The third-order valence-electron chi connectivity index (χ3n) is 6.91. The van der Waals surface area contributed by atoms with Crippen LogP contribution in [0.1, 0.15) is 6.42 Å². The zero-order chi connectivity index (χ0) is 24.4. The Bertz CT molecular complexity index is 1160. The van der Waals surface area contributed by atoms with Gasteiger partial charge in [0.05, 0.1) is 11.4 Å². The Kier molecular flexibility index (Phi) is 6.94. The van der Waals surface area contributed by atoms with Crippen molar-refractivity contribution in [2.75, 3.05) is 23.9 Å². The molecule has 178 valence electrons. The Hall–Kier alpha value is -3.08. The van der Waals surface area contributed by atoms with Crippen LogP contribution < -0.4 is 18.9 Å². The number of benzene rings is 2. The normalized spacial score (nSPS) is 16.7. The van der Waals surface area contributed by atoms with Crippen molar-refractivity contribution >= 4 is 46.0 Å². The molecule has 5 rings (SSSR count). The fourth-order valence-electron chi connectivity index (χ4n) is 4.52. The minimum atomic E-state index is 0.726. The van der Waals surface area contributed by atoms with Crippen molar-refractivity contribution in [2.45, 2.75) is 19.5 Å². The van der Waals surface area contributed by atoms with Gasteiger partial charge in [0.15, 0.2) is 37.9 Å². The quantitative estimate of drug-likeness (QED) is 0.256. The third kappa shape index (κ3) is 5.77. The van der Waals surface area contributed by atoms with E-state index in [1.54, 1.807) is 0 Å². The molecule has 35 heavy (non-hydrogen) atoms. The number of hydrogen-bond donors (Lipinski definition) is 0. The molecule has 2 unspecified atom stereocenters. The van der Waals surface area contributed by atoms with Gasteiger partial charge in [-0.25, -0.2) is 9.13 Å². The van der Waals surface area contributed by atoms with E-state index in [4.69, 9.17) is 23.2 Å². The lowest BCUT2D eigenvalue weighted by molar-refractivity contribution is -0.709. The number of rotatable bonds is 8. The predicted octanol–water partition coefficient (Wildman–Crippen LogP) is 6.44. The van der Waals surface area contributed by atoms with Crippen molar-refractivity contribution in [2.24, 2.45) is 11.8 Å². The van der Waals surface area contributed by atoms with Crippen molar-refractivity contribution < 1.29 is 9.13 Å². The summed E-state index contributed by atoms with van der Waals surface area (Å²) < 4.78 is 4.61. The summed E-state index contributed by atoms with van der Waals surface area (Å²) in [5.41, 5.74) is 4.57. The molecule has 0 amide bonds. The average Bonchev–Trinajstić information content (AvgIpc) is 3.61. The third-order valence-corrected chi connectivity index (χ3v) is 7.41. The Morgan fingerprint density at radius 3 is 1.23 bits per heavy atom. The summed E-state index contributed by atoms with van der Waals surface area (Å²) in [6.07, 6.45) is 10.0. The fraction of sp³-hybridized carbons (Fsp3) is 0.241. The average molecular weight is 505 g/mol. The SMILES string of the molecule is CN(c1ccc(Cl)cc1)c1cc[n+](CC2CC2C[n+]2ccc(N(C)c3ccc(Cl)cc3)cc2)cc1. The maximum atomic E-state index is 6.02. The molecule has 4 aromatic rings. The van der Waals surface area contributed by atoms with E-state index >= 15 is 0 Å². The fourth-order valence-corrected chi connectivity index (χ4v) is 4.77. The van der Waals surface area contributed by atoms with Gasteiger partial charge in [0.2, 0.25) is 0 Å². The highest BCUT2D eigenvalue weighted by Crippen LogP contribution is 2.39. The highest BCUT2D eigenvalue weighted by Gasteiger charge is 2.42. The molecule has 1 aliphatic rings. The van der Waals surface area contributed by atoms with Crippen LogP contribution in [-0.4, -0.2) is 14.1 Å². The van der Waals surface area contributed by atoms with Gasteiger partial charge in [-0.1, -0.05) is 23.2 Å². The molecule has 6 heteroatoms. The first-order valence-electron chi connectivity index (χ1n) is 11.9. The molecule has 0 N–H and O–H groups in total. The van der Waals surface area contributed by atoms with Crippen LogP contribution in [0.3, 0.4) is 0 Å². The van der Waals surface area contributed by atoms with E-state index < -0.39 is 0 Å². The van der Waals surface area contributed by atoms with Crippen molar-refractivity contribution in [3.05, 3.63) is 108 Å². The molecule has 2 heterocycles. The van der Waals surface area contributed by atoms with Crippen LogP contribution in [0.2, 0.25) is 10.0 Å². The standard InChI is InChI=1S/C29H30Cl2N4/c1-32(26-7-3-24(30)4-8-26)28-11-15-34(16-12-28)20-22-19-23(22)21-35-17-13-29(14-18-35)33(2)27-9-5-25(31)6-10-27/h3-18,22-23H,19-21H2,1-2H3/q+2. The van der Waals surface area contributed by atoms with Crippen molar-refractivity contribution in [1.82, 2.24) is 0 Å². The minimum absolute atomic E-state index is 0.726. The topological polar surface area (TPSA) is 14.2 Å². The highest BCUT2D eigenvalue weighted by atomic mass is 35.5. The Morgan fingerprint density at radius 1 is 0.571 bits per heavy atom. The summed E-state index contributed by atoms with van der Waals surface area (Å²) >= 11 is 12.0. The lowest BCUT2D eigenvalue weighted by Gasteiger charge is -2.18. The van der Waals surface area contributed by atoms with E-state index in [2.05, 4.69) is 82.1 Å². The zero-order valence-corrected chi connectivity index (χ0v) is 21.6. The van der Waals surface area contributed by atoms with E-state index in [0.717, 1.165) is 57.7 Å². The Labute approximate surface area is 217 Å². The first-order valence-corrected chi connectivity index (χ1v) is 12.7. The van der Waals surface area contributed by atoms with Gasteiger partial charge >= 0.3 is 0 Å². The number of nitrogens with zero attached hydrogens (tertiary/aromatic N) is 4. The maximum absolute atomic E-state index is 6.02. The van der Waals surface area contributed by atoms with E-state index in [-0.39, 0.29) is 0 Å². The zero-order valence-electron chi connectivity index (χ0n) is 20.1.